The predicted octanol–water partition coefficient (Wildman–Crippen LogP) is 3.31. The van der Waals surface area contributed by atoms with E-state index in [4.69, 9.17) is 4.74 Å². The first kappa shape index (κ1) is 16.0. The number of carboxylic acids is 1. The normalized spacial score (nSPS) is 12.1. The van der Waals surface area contributed by atoms with E-state index in [0.717, 1.165) is 12.1 Å². The number of pyridine rings is 1. The zero-order chi connectivity index (χ0) is 16.1. The molecule has 0 unspecified atom stereocenters. The van der Waals surface area contributed by atoms with Gasteiger partial charge in [-0.25, -0.2) is 9.78 Å². The number of halogens is 1. The Kier molecular flexibility index (Phi) is 5.14. The molecule has 0 bridgehead atoms. The van der Waals surface area contributed by atoms with Gasteiger partial charge in [0.05, 0.1) is 6.61 Å². The Balaban J connectivity index is 2.08. The molecule has 6 heteroatoms. The first-order valence-electron chi connectivity index (χ1n) is 7.20. The average molecular weight is 306 g/mol. The van der Waals surface area contributed by atoms with Crippen LogP contribution in [0, 0.1) is 5.95 Å². The van der Waals surface area contributed by atoms with Crippen molar-refractivity contribution in [3.63, 3.8) is 0 Å². The quantitative estimate of drug-likeness (QED) is 0.797. The maximum absolute atomic E-state index is 13.0. The van der Waals surface area contributed by atoms with Crippen molar-refractivity contribution in [2.24, 2.45) is 0 Å². The summed E-state index contributed by atoms with van der Waals surface area (Å²) in [5.41, 5.74) is 1.17. The van der Waals surface area contributed by atoms with Gasteiger partial charge in [-0.1, -0.05) is 6.92 Å². The summed E-state index contributed by atoms with van der Waals surface area (Å²) in [6, 6.07) is 6.30. The van der Waals surface area contributed by atoms with Crippen molar-refractivity contribution in [3.8, 4) is 5.75 Å². The van der Waals surface area contributed by atoms with E-state index in [1.54, 1.807) is 18.2 Å². The zero-order valence-electron chi connectivity index (χ0n) is 12.6. The van der Waals surface area contributed by atoms with Gasteiger partial charge in [0, 0.05) is 30.4 Å². The van der Waals surface area contributed by atoms with Gasteiger partial charge in [-0.15, -0.1) is 0 Å². The molecular formula is C16H19FN2O3. The molecule has 0 aliphatic carbocycles. The smallest absolute Gasteiger partial charge is 0.352 e. The monoisotopic (exact) mass is 306 g/mol. The van der Waals surface area contributed by atoms with Crippen LogP contribution < -0.4 is 4.74 Å². The minimum atomic E-state index is -0.941. The van der Waals surface area contributed by atoms with Crippen LogP contribution in [0.25, 0.3) is 0 Å². The summed E-state index contributed by atoms with van der Waals surface area (Å²) in [7, 11) is 0. The second-order valence-electron chi connectivity index (χ2n) is 5.06. The number of ether oxygens (including phenoxy) is 1. The largest absolute Gasteiger partial charge is 0.493 e. The van der Waals surface area contributed by atoms with E-state index >= 15 is 0 Å². The van der Waals surface area contributed by atoms with Crippen LogP contribution in [-0.2, 0) is 6.42 Å². The lowest BCUT2D eigenvalue weighted by Gasteiger charge is -2.18. The van der Waals surface area contributed by atoms with Crippen molar-refractivity contribution < 1.29 is 19.0 Å². The molecule has 0 spiro atoms. The second kappa shape index (κ2) is 7.06. The first-order valence-corrected chi connectivity index (χ1v) is 7.20. The van der Waals surface area contributed by atoms with Crippen molar-refractivity contribution in [1.82, 2.24) is 9.55 Å². The molecule has 0 fully saturated rings. The zero-order valence-corrected chi connectivity index (χ0v) is 12.6. The SMILES string of the molecule is CC[C@H](C)n1c(CCOc2ccnc(F)c2)ccc1C(=O)O. The molecule has 2 heterocycles. The fourth-order valence-electron chi connectivity index (χ4n) is 2.32. The lowest BCUT2D eigenvalue weighted by atomic mass is 10.2. The number of aromatic carboxylic acids is 1. The molecular weight excluding hydrogens is 287 g/mol. The van der Waals surface area contributed by atoms with Gasteiger partial charge in [0.15, 0.2) is 0 Å². The molecule has 2 aromatic heterocycles. The van der Waals surface area contributed by atoms with Gasteiger partial charge in [0.1, 0.15) is 11.4 Å². The predicted molar refractivity (Wildman–Crippen MR) is 79.8 cm³/mol. The van der Waals surface area contributed by atoms with Crippen LogP contribution in [0.4, 0.5) is 4.39 Å². The number of carbonyl (C=O) groups is 1. The summed E-state index contributed by atoms with van der Waals surface area (Å²) in [6.45, 7) is 4.33. The van der Waals surface area contributed by atoms with E-state index in [2.05, 4.69) is 4.98 Å². The van der Waals surface area contributed by atoms with Crippen LogP contribution in [0.2, 0.25) is 0 Å². The maximum atomic E-state index is 13.0. The van der Waals surface area contributed by atoms with Crippen LogP contribution in [0.1, 0.15) is 42.5 Å². The Labute approximate surface area is 128 Å². The highest BCUT2D eigenvalue weighted by Crippen LogP contribution is 2.20. The third kappa shape index (κ3) is 3.63. The van der Waals surface area contributed by atoms with Crippen molar-refractivity contribution in [2.45, 2.75) is 32.7 Å². The number of aromatic nitrogens is 2. The minimum Gasteiger partial charge on any atom is -0.493 e. The molecule has 0 saturated carbocycles. The molecule has 0 radical (unpaired) electrons. The molecule has 0 aliphatic rings. The van der Waals surface area contributed by atoms with Crippen molar-refractivity contribution >= 4 is 5.97 Å². The highest BCUT2D eigenvalue weighted by Gasteiger charge is 2.17. The van der Waals surface area contributed by atoms with Crippen LogP contribution >= 0.6 is 0 Å². The molecule has 0 aliphatic heterocycles. The summed E-state index contributed by atoms with van der Waals surface area (Å²) < 4.78 is 20.3. The average Bonchev–Trinajstić information content (AvgIpc) is 2.90. The highest BCUT2D eigenvalue weighted by atomic mass is 19.1. The standard InChI is InChI=1S/C16H19FN2O3/c1-3-11(2)19-12(4-5-14(19)16(20)21)7-9-22-13-6-8-18-15(17)10-13/h4-6,8,10-11H,3,7,9H2,1-2H3,(H,20,21)/t11-/m0/s1. The van der Waals surface area contributed by atoms with Gasteiger partial charge in [0.25, 0.3) is 0 Å². The molecule has 22 heavy (non-hydrogen) atoms. The van der Waals surface area contributed by atoms with E-state index in [0.29, 0.717) is 18.8 Å². The third-order valence-electron chi connectivity index (χ3n) is 3.58. The van der Waals surface area contributed by atoms with E-state index in [1.807, 2.05) is 18.4 Å². The molecule has 2 aromatic rings. The molecule has 1 atom stereocenters. The molecule has 1 N–H and O–H groups in total. The fraction of sp³-hybridized carbons (Fsp3) is 0.375. The number of hydrogen-bond donors (Lipinski definition) is 1. The molecule has 5 nitrogen and oxygen atoms in total. The van der Waals surface area contributed by atoms with Gasteiger partial charge >= 0.3 is 5.97 Å². The number of nitrogens with zero attached hydrogens (tertiary/aromatic N) is 2. The lowest BCUT2D eigenvalue weighted by molar-refractivity contribution is 0.0682. The maximum Gasteiger partial charge on any atom is 0.352 e. The summed E-state index contributed by atoms with van der Waals surface area (Å²) in [5.74, 6) is -1.12. The molecule has 118 valence electrons. The Morgan fingerprint density at radius 2 is 2.23 bits per heavy atom. The second-order valence-corrected chi connectivity index (χ2v) is 5.06. The van der Waals surface area contributed by atoms with Crippen LogP contribution in [0.3, 0.4) is 0 Å². The fourth-order valence-corrected chi connectivity index (χ4v) is 2.32. The molecule has 0 aromatic carbocycles. The lowest BCUT2D eigenvalue weighted by Crippen LogP contribution is -2.16. The summed E-state index contributed by atoms with van der Waals surface area (Å²) in [4.78, 5) is 14.7. The molecule has 0 saturated heterocycles. The first-order chi connectivity index (χ1) is 10.5. The van der Waals surface area contributed by atoms with Gasteiger partial charge in [0.2, 0.25) is 5.95 Å². The van der Waals surface area contributed by atoms with Gasteiger partial charge in [-0.05, 0) is 31.5 Å². The third-order valence-corrected chi connectivity index (χ3v) is 3.58. The van der Waals surface area contributed by atoms with Crippen LogP contribution in [0.15, 0.2) is 30.5 Å². The van der Waals surface area contributed by atoms with E-state index in [1.165, 1.54) is 12.3 Å². The van der Waals surface area contributed by atoms with E-state index in [-0.39, 0.29) is 11.7 Å². The number of hydrogen-bond acceptors (Lipinski definition) is 3. The van der Waals surface area contributed by atoms with Crippen LogP contribution in [-0.4, -0.2) is 27.2 Å². The van der Waals surface area contributed by atoms with Gasteiger partial charge < -0.3 is 14.4 Å². The van der Waals surface area contributed by atoms with Gasteiger partial charge in [-0.3, -0.25) is 0 Å². The summed E-state index contributed by atoms with van der Waals surface area (Å²) in [6.07, 6.45) is 2.72. The van der Waals surface area contributed by atoms with Crippen LogP contribution in [0.5, 0.6) is 5.75 Å². The Morgan fingerprint density at radius 3 is 2.86 bits per heavy atom. The number of rotatable bonds is 7. The Bertz CT molecular complexity index is 655. The van der Waals surface area contributed by atoms with E-state index in [9.17, 15) is 14.3 Å². The van der Waals surface area contributed by atoms with Crippen molar-refractivity contribution in [2.75, 3.05) is 6.61 Å². The minimum absolute atomic E-state index is 0.0921. The molecule has 2 rings (SSSR count). The number of carboxylic acid groups (broad SMARTS) is 1. The Hall–Kier alpha value is -2.37. The van der Waals surface area contributed by atoms with Gasteiger partial charge in [-0.2, -0.15) is 4.39 Å². The topological polar surface area (TPSA) is 64.4 Å². The molecule has 0 amide bonds. The van der Waals surface area contributed by atoms with Crippen molar-refractivity contribution in [3.05, 3.63) is 47.8 Å². The Morgan fingerprint density at radius 1 is 1.45 bits per heavy atom. The summed E-state index contributed by atoms with van der Waals surface area (Å²) in [5, 5.41) is 9.26. The highest BCUT2D eigenvalue weighted by molar-refractivity contribution is 5.86. The summed E-state index contributed by atoms with van der Waals surface area (Å²) >= 11 is 0. The van der Waals surface area contributed by atoms with Crippen molar-refractivity contribution in [1.29, 1.82) is 0 Å². The van der Waals surface area contributed by atoms with E-state index < -0.39 is 11.9 Å².